The van der Waals surface area contributed by atoms with Crippen LogP contribution in [0.1, 0.15) is 73.1 Å². The number of nitro benzene ring substituents is 1. The number of fused-ring (bicyclic) bond motifs is 2. The Morgan fingerprint density at radius 1 is 1.06 bits per heavy atom. The van der Waals surface area contributed by atoms with Gasteiger partial charge < -0.3 is 43.9 Å². The molecule has 14 nitrogen and oxygen atoms in total. The van der Waals surface area contributed by atoms with Crippen molar-refractivity contribution < 1.29 is 43.3 Å². The van der Waals surface area contributed by atoms with Crippen molar-refractivity contribution in [2.24, 2.45) is 0 Å². The highest BCUT2D eigenvalue weighted by atomic mass is 32.2. The first-order valence-corrected chi connectivity index (χ1v) is 18.4. The van der Waals surface area contributed by atoms with E-state index >= 15 is 0 Å². The van der Waals surface area contributed by atoms with Gasteiger partial charge in [0, 0.05) is 44.4 Å². The van der Waals surface area contributed by atoms with Crippen molar-refractivity contribution in [3.8, 4) is 23.0 Å². The summed E-state index contributed by atoms with van der Waals surface area (Å²) in [7, 11) is 2.97. The van der Waals surface area contributed by atoms with Crippen molar-refractivity contribution in [2.45, 2.75) is 76.0 Å². The molecule has 0 radical (unpaired) electrons. The maximum atomic E-state index is 13.8. The van der Waals surface area contributed by atoms with Crippen LogP contribution in [0.3, 0.4) is 0 Å². The standard InChI is InChI=1S/C35H48N4O10S/c1-5-47-35(50-6-2)28-15-23(40)21-38(28)34(42)25-17-30(46-4)32(19-27(25)39(43)44)49-14-9-7-8-13-48-31-18-26-24(16-29(31)45-3)33(41)37-12-10-11-22(37)20-36-26/h16-19,22-23,28,35-36,40H,5-15,20-21H2,1-4H3/t22-,23+,28-,35?/m0/s1. The lowest BCUT2D eigenvalue weighted by molar-refractivity contribution is -0.385. The molecule has 5 rings (SSSR count). The molecule has 0 saturated carbocycles. The van der Waals surface area contributed by atoms with E-state index in [0.29, 0.717) is 56.1 Å². The summed E-state index contributed by atoms with van der Waals surface area (Å²) < 4.78 is 28.9. The minimum atomic E-state index is -0.760. The molecule has 2 N–H and O–H groups in total. The van der Waals surface area contributed by atoms with Crippen LogP contribution in [0.25, 0.3) is 0 Å². The number of anilines is 1. The van der Waals surface area contributed by atoms with Crippen LogP contribution < -0.4 is 24.3 Å². The van der Waals surface area contributed by atoms with E-state index < -0.39 is 28.7 Å². The number of ether oxygens (including phenoxy) is 5. The van der Waals surface area contributed by atoms with Crippen molar-refractivity contribution in [1.29, 1.82) is 0 Å². The largest absolute Gasteiger partial charge is 0.493 e. The number of unbranched alkanes of at least 4 members (excludes halogenated alkanes) is 2. The molecule has 2 aromatic carbocycles. The number of nitrogens with one attached hydrogen (secondary N) is 1. The highest BCUT2D eigenvalue weighted by molar-refractivity contribution is 7.99. The lowest BCUT2D eigenvalue weighted by Crippen LogP contribution is -2.43. The first kappa shape index (κ1) is 37.3. The summed E-state index contributed by atoms with van der Waals surface area (Å²) in [6.07, 6.45) is 3.65. The van der Waals surface area contributed by atoms with E-state index in [1.807, 2.05) is 24.8 Å². The monoisotopic (exact) mass is 716 g/mol. The van der Waals surface area contributed by atoms with Crippen molar-refractivity contribution in [3.63, 3.8) is 0 Å². The summed E-state index contributed by atoms with van der Waals surface area (Å²) in [6.45, 7) is 6.47. The van der Waals surface area contributed by atoms with Crippen LogP contribution in [-0.2, 0) is 4.74 Å². The molecule has 0 aromatic heterocycles. The quantitative estimate of drug-likeness (QED) is 0.0981. The Balaban J connectivity index is 1.17. The molecule has 2 aromatic rings. The fourth-order valence-electron chi connectivity index (χ4n) is 6.83. The zero-order chi connectivity index (χ0) is 35.8. The molecule has 4 atom stereocenters. The van der Waals surface area contributed by atoms with E-state index in [0.717, 1.165) is 37.2 Å². The molecule has 0 spiro atoms. The second kappa shape index (κ2) is 17.3. The van der Waals surface area contributed by atoms with Crippen LogP contribution in [0.5, 0.6) is 23.0 Å². The summed E-state index contributed by atoms with van der Waals surface area (Å²) in [5.41, 5.74) is 0.420. The predicted octanol–water partition coefficient (Wildman–Crippen LogP) is 4.96. The van der Waals surface area contributed by atoms with E-state index in [-0.39, 0.29) is 47.6 Å². The highest BCUT2D eigenvalue weighted by Crippen LogP contribution is 2.39. The number of likely N-dealkylation sites (tertiary alicyclic amines) is 1. The maximum Gasteiger partial charge on any atom is 0.286 e. The number of methoxy groups -OCH3 is 2. The molecule has 0 bridgehead atoms. The molecule has 274 valence electrons. The summed E-state index contributed by atoms with van der Waals surface area (Å²) in [4.78, 5) is 41.9. The predicted molar refractivity (Wildman–Crippen MR) is 189 cm³/mol. The fourth-order valence-corrected chi connectivity index (χ4v) is 7.87. The van der Waals surface area contributed by atoms with Crippen LogP contribution in [0.4, 0.5) is 11.4 Å². The zero-order valence-electron chi connectivity index (χ0n) is 29.2. The maximum absolute atomic E-state index is 13.8. The lowest BCUT2D eigenvalue weighted by Gasteiger charge is -2.30. The molecule has 15 heteroatoms. The van der Waals surface area contributed by atoms with E-state index in [9.17, 15) is 24.8 Å². The number of aliphatic hydroxyl groups is 1. The van der Waals surface area contributed by atoms with Crippen LogP contribution in [-0.4, -0.2) is 115 Å². The number of amides is 2. The fraction of sp³-hybridized carbons (Fsp3) is 0.600. The van der Waals surface area contributed by atoms with Gasteiger partial charge in [0.2, 0.25) is 0 Å². The van der Waals surface area contributed by atoms with Gasteiger partial charge in [0.25, 0.3) is 17.5 Å². The number of aliphatic hydroxyl groups excluding tert-OH is 1. The number of β-amino-alcohol motifs (C(OH)–C–C–N with tert-alkyl or cyclic N) is 1. The summed E-state index contributed by atoms with van der Waals surface area (Å²) >= 11 is 1.53. The minimum Gasteiger partial charge on any atom is -0.493 e. The average molecular weight is 717 g/mol. The Morgan fingerprint density at radius 2 is 1.76 bits per heavy atom. The van der Waals surface area contributed by atoms with E-state index in [1.54, 1.807) is 13.2 Å². The number of carbonyl (C=O) groups is 2. The molecule has 1 unspecified atom stereocenters. The Hall–Kier alpha value is -3.95. The van der Waals surface area contributed by atoms with Gasteiger partial charge in [-0.3, -0.25) is 19.7 Å². The molecule has 2 fully saturated rings. The third-order valence-electron chi connectivity index (χ3n) is 9.27. The third-order valence-corrected chi connectivity index (χ3v) is 10.4. The Kier molecular flexibility index (Phi) is 12.9. The number of nitro groups is 1. The van der Waals surface area contributed by atoms with Gasteiger partial charge >= 0.3 is 0 Å². The first-order valence-electron chi connectivity index (χ1n) is 17.3. The number of hydrogen-bond donors (Lipinski definition) is 2. The van der Waals surface area contributed by atoms with Crippen molar-refractivity contribution in [1.82, 2.24) is 9.80 Å². The number of benzene rings is 2. The molecular formula is C35H48N4O10S. The number of hydrogen-bond acceptors (Lipinski definition) is 12. The molecule has 0 aliphatic carbocycles. The number of thioether (sulfide) groups is 1. The van der Waals surface area contributed by atoms with E-state index in [1.165, 1.54) is 35.9 Å². The lowest BCUT2D eigenvalue weighted by atomic mass is 10.1. The first-order chi connectivity index (χ1) is 24.2. The summed E-state index contributed by atoms with van der Waals surface area (Å²) in [5, 5.41) is 26.0. The SMILES string of the molecule is CCOC(SCC)[C@@H]1C[C@@H](O)CN1C(=O)c1cc(OC)c(OCCCCCOc2cc3c(cc2OC)C(=O)N2CCC[C@H]2CN3)cc1[N+](=O)[O-]. The van der Waals surface area contributed by atoms with Gasteiger partial charge in [0.1, 0.15) is 11.0 Å². The molecule has 2 saturated heterocycles. The topological polar surface area (TPSA) is 162 Å². The van der Waals surface area contributed by atoms with Crippen LogP contribution in [0.2, 0.25) is 0 Å². The summed E-state index contributed by atoms with van der Waals surface area (Å²) in [6, 6.07) is 5.90. The van der Waals surface area contributed by atoms with Crippen LogP contribution in [0, 0.1) is 10.1 Å². The molecule has 2 amide bonds. The van der Waals surface area contributed by atoms with E-state index in [2.05, 4.69) is 5.32 Å². The van der Waals surface area contributed by atoms with Gasteiger partial charge in [-0.1, -0.05) is 6.92 Å². The van der Waals surface area contributed by atoms with Crippen LogP contribution in [0.15, 0.2) is 24.3 Å². The van der Waals surface area contributed by atoms with Crippen LogP contribution >= 0.6 is 11.8 Å². The normalized spacial score (nSPS) is 20.4. The van der Waals surface area contributed by atoms with Gasteiger partial charge in [-0.15, -0.1) is 11.8 Å². The van der Waals surface area contributed by atoms with Crippen molar-refractivity contribution >= 4 is 35.0 Å². The second-order valence-electron chi connectivity index (χ2n) is 12.5. The second-order valence-corrected chi connectivity index (χ2v) is 13.8. The number of nitrogens with zero attached hydrogens (tertiary/aromatic N) is 3. The highest BCUT2D eigenvalue weighted by Gasteiger charge is 2.42. The van der Waals surface area contributed by atoms with Gasteiger partial charge in [-0.25, -0.2) is 0 Å². The molecule has 3 aliphatic rings. The van der Waals surface area contributed by atoms with Crippen molar-refractivity contribution in [3.05, 3.63) is 45.5 Å². The summed E-state index contributed by atoms with van der Waals surface area (Å²) in [5.74, 6) is 1.61. The van der Waals surface area contributed by atoms with Crippen molar-refractivity contribution in [2.75, 3.05) is 64.7 Å². The van der Waals surface area contributed by atoms with Gasteiger partial charge in [0.05, 0.1) is 61.8 Å². The average Bonchev–Trinajstić information content (AvgIpc) is 3.72. The molecule has 3 heterocycles. The van der Waals surface area contributed by atoms with Gasteiger partial charge in [-0.05, 0) is 57.3 Å². The zero-order valence-corrected chi connectivity index (χ0v) is 30.0. The Bertz CT molecular complexity index is 1520. The third kappa shape index (κ3) is 8.32. The van der Waals surface area contributed by atoms with Gasteiger partial charge in [0.15, 0.2) is 23.0 Å². The molecule has 50 heavy (non-hydrogen) atoms. The Morgan fingerprint density at radius 3 is 2.42 bits per heavy atom. The van der Waals surface area contributed by atoms with Gasteiger partial charge in [-0.2, -0.15) is 0 Å². The minimum absolute atomic E-state index is 0.0119. The van der Waals surface area contributed by atoms with E-state index in [4.69, 9.17) is 23.7 Å². The smallest absolute Gasteiger partial charge is 0.286 e. The number of carbonyl (C=O) groups excluding carboxylic acids is 2. The number of rotatable bonds is 17. The Labute approximate surface area is 296 Å². The molecule has 3 aliphatic heterocycles. The molecular weight excluding hydrogens is 668 g/mol.